The van der Waals surface area contributed by atoms with E-state index in [2.05, 4.69) is 49.6 Å². The fourth-order valence-electron chi connectivity index (χ4n) is 2.80. The minimum Gasteiger partial charge on any atom is -0.310 e. The van der Waals surface area contributed by atoms with E-state index in [-0.39, 0.29) is 0 Å². The van der Waals surface area contributed by atoms with Crippen molar-refractivity contribution < 1.29 is 0 Å². The van der Waals surface area contributed by atoms with Gasteiger partial charge < -0.3 is 5.32 Å². The molecule has 1 atom stereocenters. The molecule has 1 aromatic rings. The molecule has 0 saturated carbocycles. The Balaban J connectivity index is 2.31. The summed E-state index contributed by atoms with van der Waals surface area (Å²) in [5.41, 5.74) is 4.52. The first-order chi connectivity index (χ1) is 8.36. The lowest BCUT2D eigenvalue weighted by molar-refractivity contribution is 0.590. The summed E-state index contributed by atoms with van der Waals surface area (Å²) >= 11 is 0. The summed E-state index contributed by atoms with van der Waals surface area (Å²) in [6.07, 6.45) is 8.76. The Labute approximate surface area is 105 Å². The van der Waals surface area contributed by atoms with Gasteiger partial charge in [-0.15, -0.1) is 0 Å². The third-order valence-electron chi connectivity index (χ3n) is 3.73. The van der Waals surface area contributed by atoms with Gasteiger partial charge in [0.1, 0.15) is 0 Å². The molecule has 0 heterocycles. The Hall–Kier alpha value is -1.08. The molecule has 2 rings (SSSR count). The lowest BCUT2D eigenvalue weighted by Crippen LogP contribution is -2.21. The van der Waals surface area contributed by atoms with Crippen LogP contribution in [0.5, 0.6) is 0 Å². The molecule has 0 saturated heterocycles. The van der Waals surface area contributed by atoms with Gasteiger partial charge in [0.2, 0.25) is 0 Å². The van der Waals surface area contributed by atoms with Crippen LogP contribution in [0, 0.1) is 0 Å². The van der Waals surface area contributed by atoms with E-state index < -0.39 is 0 Å². The number of hydrogen-bond donors (Lipinski definition) is 1. The first-order valence-electron chi connectivity index (χ1n) is 6.80. The summed E-state index contributed by atoms with van der Waals surface area (Å²) in [7, 11) is 2.08. The molecule has 1 unspecified atom stereocenters. The monoisotopic (exact) mass is 229 g/mol. The van der Waals surface area contributed by atoms with Crippen molar-refractivity contribution in [3.8, 4) is 0 Å². The third kappa shape index (κ3) is 2.78. The molecule has 1 aromatic carbocycles. The molecule has 0 aromatic heterocycles. The van der Waals surface area contributed by atoms with Crippen molar-refractivity contribution in [1.29, 1.82) is 0 Å². The predicted molar refractivity (Wildman–Crippen MR) is 74.2 cm³/mol. The Bertz CT molecular complexity index is 392. The fraction of sp³-hybridized carbons (Fsp3) is 0.500. The van der Waals surface area contributed by atoms with Crippen LogP contribution in [0.15, 0.2) is 35.9 Å². The van der Waals surface area contributed by atoms with Gasteiger partial charge in [-0.3, -0.25) is 0 Å². The summed E-state index contributed by atoms with van der Waals surface area (Å²) < 4.78 is 0. The zero-order valence-corrected chi connectivity index (χ0v) is 11.0. The molecule has 1 nitrogen and oxygen atoms in total. The van der Waals surface area contributed by atoms with Gasteiger partial charge in [0.05, 0.1) is 6.04 Å². The van der Waals surface area contributed by atoms with E-state index in [0.29, 0.717) is 6.04 Å². The molecule has 1 aliphatic rings. The van der Waals surface area contributed by atoms with Gasteiger partial charge in [-0.1, -0.05) is 42.8 Å². The molecule has 17 heavy (non-hydrogen) atoms. The molecule has 1 heteroatoms. The van der Waals surface area contributed by atoms with Gasteiger partial charge in [0.15, 0.2) is 0 Å². The zero-order chi connectivity index (χ0) is 12.1. The van der Waals surface area contributed by atoms with Crippen LogP contribution in [-0.2, 0) is 6.42 Å². The van der Waals surface area contributed by atoms with E-state index in [1.54, 1.807) is 5.57 Å². The quantitative estimate of drug-likeness (QED) is 0.769. The predicted octanol–water partition coefficient (Wildman–Crippen LogP) is 4.01. The standard InChI is InChI=1S/C16H23N/c1-3-13-9-7-8-12-15(13)16(17-2)14-10-5-4-6-11-14/h7-10,12,16-17H,3-6,11H2,1-2H3. The first kappa shape index (κ1) is 12.4. The maximum Gasteiger partial charge on any atom is 0.0536 e. The van der Waals surface area contributed by atoms with E-state index >= 15 is 0 Å². The fourth-order valence-corrected chi connectivity index (χ4v) is 2.80. The number of likely N-dealkylation sites (N-methyl/N-ethyl adjacent to an activating group) is 1. The summed E-state index contributed by atoms with van der Waals surface area (Å²) in [6.45, 7) is 2.24. The number of aryl methyl sites for hydroxylation is 1. The van der Waals surface area contributed by atoms with Crippen molar-refractivity contribution in [1.82, 2.24) is 5.32 Å². The van der Waals surface area contributed by atoms with Gasteiger partial charge >= 0.3 is 0 Å². The molecule has 92 valence electrons. The average molecular weight is 229 g/mol. The van der Waals surface area contributed by atoms with Gasteiger partial charge in [0, 0.05) is 0 Å². The maximum atomic E-state index is 3.49. The van der Waals surface area contributed by atoms with Gasteiger partial charge in [0.25, 0.3) is 0 Å². The van der Waals surface area contributed by atoms with Crippen LogP contribution >= 0.6 is 0 Å². The lowest BCUT2D eigenvalue weighted by atomic mass is 9.87. The van der Waals surface area contributed by atoms with Crippen molar-refractivity contribution in [2.75, 3.05) is 7.05 Å². The van der Waals surface area contributed by atoms with Crippen LogP contribution in [0.2, 0.25) is 0 Å². The second kappa shape index (κ2) is 6.02. The number of rotatable bonds is 4. The van der Waals surface area contributed by atoms with Gasteiger partial charge in [-0.2, -0.15) is 0 Å². The Morgan fingerprint density at radius 1 is 1.24 bits per heavy atom. The van der Waals surface area contributed by atoms with Crippen molar-refractivity contribution >= 4 is 0 Å². The van der Waals surface area contributed by atoms with Crippen LogP contribution in [0.1, 0.15) is 49.8 Å². The largest absolute Gasteiger partial charge is 0.310 e. The normalized spacial score (nSPS) is 17.6. The molecule has 0 spiro atoms. The van der Waals surface area contributed by atoms with Crippen LogP contribution in [0.4, 0.5) is 0 Å². The lowest BCUT2D eigenvalue weighted by Gasteiger charge is -2.25. The first-order valence-corrected chi connectivity index (χ1v) is 6.80. The van der Waals surface area contributed by atoms with Gasteiger partial charge in [-0.25, -0.2) is 0 Å². The highest BCUT2D eigenvalue weighted by atomic mass is 14.9. The third-order valence-corrected chi connectivity index (χ3v) is 3.73. The summed E-state index contributed by atoms with van der Waals surface area (Å²) in [5, 5.41) is 3.49. The van der Waals surface area contributed by atoms with Gasteiger partial charge in [-0.05, 0) is 50.3 Å². The summed E-state index contributed by atoms with van der Waals surface area (Å²) in [6, 6.07) is 9.25. The number of hydrogen-bond acceptors (Lipinski definition) is 1. The maximum absolute atomic E-state index is 3.49. The van der Waals surface area contributed by atoms with Crippen molar-refractivity contribution in [3.05, 3.63) is 47.0 Å². The van der Waals surface area contributed by atoms with E-state index in [9.17, 15) is 0 Å². The number of allylic oxidation sites excluding steroid dienone is 1. The van der Waals surface area contributed by atoms with Crippen LogP contribution in [0.3, 0.4) is 0 Å². The highest BCUT2D eigenvalue weighted by Gasteiger charge is 2.18. The summed E-state index contributed by atoms with van der Waals surface area (Å²) in [4.78, 5) is 0. The van der Waals surface area contributed by atoms with E-state index in [4.69, 9.17) is 0 Å². The molecular formula is C16H23N. The minimum absolute atomic E-state index is 0.423. The summed E-state index contributed by atoms with van der Waals surface area (Å²) in [5.74, 6) is 0. The molecule has 0 radical (unpaired) electrons. The highest BCUT2D eigenvalue weighted by Crippen LogP contribution is 2.31. The SMILES string of the molecule is CCc1ccccc1C(NC)C1=CCCCC1. The van der Waals surface area contributed by atoms with Crippen molar-refractivity contribution in [2.45, 2.75) is 45.1 Å². The molecule has 0 amide bonds. The van der Waals surface area contributed by atoms with Crippen LogP contribution < -0.4 is 5.32 Å². The number of benzene rings is 1. The highest BCUT2D eigenvalue weighted by molar-refractivity contribution is 5.36. The Kier molecular flexibility index (Phi) is 4.38. The van der Waals surface area contributed by atoms with E-state index in [1.807, 2.05) is 0 Å². The smallest absolute Gasteiger partial charge is 0.0536 e. The van der Waals surface area contributed by atoms with Crippen molar-refractivity contribution in [3.63, 3.8) is 0 Å². The average Bonchev–Trinajstić information content (AvgIpc) is 2.41. The second-order valence-electron chi connectivity index (χ2n) is 4.80. The van der Waals surface area contributed by atoms with Crippen LogP contribution in [0.25, 0.3) is 0 Å². The molecule has 0 aliphatic heterocycles. The van der Waals surface area contributed by atoms with E-state index in [1.165, 1.54) is 36.8 Å². The Morgan fingerprint density at radius 2 is 2.06 bits per heavy atom. The number of nitrogens with one attached hydrogen (secondary N) is 1. The minimum atomic E-state index is 0.423. The van der Waals surface area contributed by atoms with Crippen LogP contribution in [-0.4, -0.2) is 7.05 Å². The molecular weight excluding hydrogens is 206 g/mol. The molecule has 0 fully saturated rings. The van der Waals surface area contributed by atoms with Crippen molar-refractivity contribution in [2.24, 2.45) is 0 Å². The topological polar surface area (TPSA) is 12.0 Å². The molecule has 0 bridgehead atoms. The second-order valence-corrected chi connectivity index (χ2v) is 4.80. The van der Waals surface area contributed by atoms with E-state index in [0.717, 1.165) is 6.42 Å². The Morgan fingerprint density at radius 3 is 2.71 bits per heavy atom. The molecule has 1 aliphatic carbocycles. The zero-order valence-electron chi connectivity index (χ0n) is 11.0. The molecule has 1 N–H and O–H groups in total.